The van der Waals surface area contributed by atoms with Gasteiger partial charge in [-0.1, -0.05) is 41.1 Å². The Morgan fingerprint density at radius 3 is 2.86 bits per heavy atom. The first-order chi connectivity index (χ1) is 6.83. The number of aromatic amines is 1. The number of benzene rings is 1. The Morgan fingerprint density at radius 1 is 1.36 bits per heavy atom. The quantitative estimate of drug-likeness (QED) is 0.870. The van der Waals surface area contributed by atoms with Crippen LogP contribution in [0.2, 0.25) is 0 Å². The molecule has 1 heterocycles. The molecular weight excluding hydrogens is 240 g/mol. The van der Waals surface area contributed by atoms with Gasteiger partial charge >= 0.3 is 0 Å². The number of hydrogen-bond donors (Lipinski definition) is 1. The zero-order chi connectivity index (χ0) is 9.97. The fourth-order valence-electron chi connectivity index (χ4n) is 1.47. The Hall–Kier alpha value is -1.09. The van der Waals surface area contributed by atoms with E-state index in [1.165, 1.54) is 5.56 Å². The van der Waals surface area contributed by atoms with Crippen LogP contribution in [0.4, 0.5) is 0 Å². The summed E-state index contributed by atoms with van der Waals surface area (Å²) in [5.41, 5.74) is 3.43. The van der Waals surface area contributed by atoms with E-state index in [0.29, 0.717) is 0 Å². The van der Waals surface area contributed by atoms with Gasteiger partial charge in [-0.05, 0) is 18.1 Å². The van der Waals surface area contributed by atoms with Crippen molar-refractivity contribution in [2.75, 3.05) is 0 Å². The van der Waals surface area contributed by atoms with Gasteiger partial charge in [-0.3, -0.25) is 5.10 Å². The highest BCUT2D eigenvalue weighted by atomic mass is 79.9. The fraction of sp³-hybridized carbons (Fsp3) is 0.182. The second-order valence-electron chi connectivity index (χ2n) is 3.09. The molecule has 0 aliphatic rings. The fourth-order valence-corrected chi connectivity index (χ4v) is 1.94. The van der Waals surface area contributed by atoms with Crippen LogP contribution in [0.3, 0.4) is 0 Å². The lowest BCUT2D eigenvalue weighted by molar-refractivity contribution is 1.09. The van der Waals surface area contributed by atoms with Crippen molar-refractivity contribution in [1.82, 2.24) is 10.2 Å². The molecule has 2 aromatic rings. The maximum absolute atomic E-state index is 4.26. The van der Waals surface area contributed by atoms with Gasteiger partial charge in [0.15, 0.2) is 0 Å². The lowest BCUT2D eigenvalue weighted by atomic mass is 10.1. The second kappa shape index (κ2) is 3.96. The molecule has 0 unspecified atom stereocenters. The Balaban J connectivity index is 2.54. The van der Waals surface area contributed by atoms with Crippen molar-refractivity contribution in [2.24, 2.45) is 0 Å². The van der Waals surface area contributed by atoms with E-state index in [4.69, 9.17) is 0 Å². The van der Waals surface area contributed by atoms with Crippen molar-refractivity contribution >= 4 is 15.9 Å². The molecule has 0 saturated heterocycles. The van der Waals surface area contributed by atoms with Gasteiger partial charge in [-0.15, -0.1) is 0 Å². The van der Waals surface area contributed by atoms with Gasteiger partial charge in [0.05, 0.1) is 5.69 Å². The van der Waals surface area contributed by atoms with E-state index in [1.807, 2.05) is 24.4 Å². The lowest BCUT2D eigenvalue weighted by Gasteiger charge is -2.02. The maximum atomic E-state index is 4.26. The number of rotatable bonds is 2. The molecule has 0 spiro atoms. The SMILES string of the molecule is CCc1c[nH]nc1-c1ccccc1Br. The first-order valence-corrected chi connectivity index (χ1v) is 5.39. The van der Waals surface area contributed by atoms with Crippen LogP contribution in [0.1, 0.15) is 12.5 Å². The molecule has 0 amide bonds. The molecule has 1 N–H and O–H groups in total. The van der Waals surface area contributed by atoms with Crippen molar-refractivity contribution in [3.05, 3.63) is 40.5 Å². The van der Waals surface area contributed by atoms with Gasteiger partial charge in [0.25, 0.3) is 0 Å². The second-order valence-corrected chi connectivity index (χ2v) is 3.95. The molecule has 0 aliphatic heterocycles. The topological polar surface area (TPSA) is 28.7 Å². The molecule has 0 saturated carbocycles. The molecule has 72 valence electrons. The minimum atomic E-state index is 0.993. The number of nitrogens with zero attached hydrogens (tertiary/aromatic N) is 1. The Labute approximate surface area is 91.5 Å². The standard InChI is InChI=1S/C11H11BrN2/c1-2-8-7-13-14-11(8)9-5-3-4-6-10(9)12/h3-7H,2H2,1H3,(H,13,14). The zero-order valence-corrected chi connectivity index (χ0v) is 9.51. The lowest BCUT2D eigenvalue weighted by Crippen LogP contribution is -1.85. The summed E-state index contributed by atoms with van der Waals surface area (Å²) in [6.45, 7) is 2.13. The molecule has 0 bridgehead atoms. The van der Waals surface area contributed by atoms with E-state index in [0.717, 1.165) is 22.2 Å². The van der Waals surface area contributed by atoms with E-state index in [9.17, 15) is 0 Å². The van der Waals surface area contributed by atoms with Crippen LogP contribution in [0.5, 0.6) is 0 Å². The Kier molecular flexibility index (Phi) is 2.68. The normalized spacial score (nSPS) is 10.4. The third-order valence-electron chi connectivity index (χ3n) is 2.23. The van der Waals surface area contributed by atoms with Gasteiger partial charge in [0.2, 0.25) is 0 Å². The van der Waals surface area contributed by atoms with Gasteiger partial charge in [0.1, 0.15) is 0 Å². The van der Waals surface area contributed by atoms with Crippen LogP contribution in [-0.2, 0) is 6.42 Å². The highest BCUT2D eigenvalue weighted by Crippen LogP contribution is 2.28. The number of nitrogens with one attached hydrogen (secondary N) is 1. The van der Waals surface area contributed by atoms with Gasteiger partial charge < -0.3 is 0 Å². The van der Waals surface area contributed by atoms with Gasteiger partial charge in [-0.2, -0.15) is 5.10 Å². The summed E-state index contributed by atoms with van der Waals surface area (Å²) < 4.78 is 1.09. The van der Waals surface area contributed by atoms with Crippen molar-refractivity contribution < 1.29 is 0 Å². The van der Waals surface area contributed by atoms with Crippen LogP contribution in [0, 0.1) is 0 Å². The molecule has 1 aromatic heterocycles. The highest BCUT2D eigenvalue weighted by Gasteiger charge is 2.08. The smallest absolute Gasteiger partial charge is 0.0963 e. The monoisotopic (exact) mass is 250 g/mol. The van der Waals surface area contributed by atoms with Crippen LogP contribution in [-0.4, -0.2) is 10.2 Å². The number of hydrogen-bond acceptors (Lipinski definition) is 1. The summed E-state index contributed by atoms with van der Waals surface area (Å²) in [5.74, 6) is 0. The molecular formula is C11H11BrN2. The summed E-state index contributed by atoms with van der Waals surface area (Å²) >= 11 is 3.53. The molecule has 14 heavy (non-hydrogen) atoms. The Bertz CT molecular complexity index is 434. The van der Waals surface area contributed by atoms with Gasteiger partial charge in [0, 0.05) is 16.2 Å². The van der Waals surface area contributed by atoms with E-state index >= 15 is 0 Å². The first-order valence-electron chi connectivity index (χ1n) is 4.60. The summed E-state index contributed by atoms with van der Waals surface area (Å²) in [5, 5.41) is 7.17. The molecule has 0 atom stereocenters. The van der Waals surface area contributed by atoms with Crippen LogP contribution in [0.25, 0.3) is 11.3 Å². The van der Waals surface area contributed by atoms with Crippen molar-refractivity contribution in [1.29, 1.82) is 0 Å². The molecule has 0 radical (unpaired) electrons. The molecule has 2 nitrogen and oxygen atoms in total. The minimum Gasteiger partial charge on any atom is -0.285 e. The summed E-state index contributed by atoms with van der Waals surface area (Å²) in [6, 6.07) is 8.13. The first kappa shape index (κ1) is 9.46. The molecule has 1 aromatic carbocycles. The van der Waals surface area contributed by atoms with E-state index < -0.39 is 0 Å². The van der Waals surface area contributed by atoms with Crippen LogP contribution >= 0.6 is 15.9 Å². The van der Waals surface area contributed by atoms with E-state index in [1.54, 1.807) is 0 Å². The third-order valence-corrected chi connectivity index (χ3v) is 2.92. The minimum absolute atomic E-state index is 0.993. The highest BCUT2D eigenvalue weighted by molar-refractivity contribution is 9.10. The number of H-pyrrole nitrogens is 1. The van der Waals surface area contributed by atoms with E-state index in [2.05, 4.69) is 39.1 Å². The predicted octanol–water partition coefficient (Wildman–Crippen LogP) is 3.40. The zero-order valence-electron chi connectivity index (χ0n) is 7.92. The maximum Gasteiger partial charge on any atom is 0.0963 e. The summed E-state index contributed by atoms with van der Waals surface area (Å²) in [7, 11) is 0. The van der Waals surface area contributed by atoms with E-state index in [-0.39, 0.29) is 0 Å². The van der Waals surface area contributed by atoms with Gasteiger partial charge in [-0.25, -0.2) is 0 Å². The van der Waals surface area contributed by atoms with Crippen LogP contribution in [0.15, 0.2) is 34.9 Å². The Morgan fingerprint density at radius 2 is 2.14 bits per heavy atom. The van der Waals surface area contributed by atoms with Crippen molar-refractivity contribution in [3.8, 4) is 11.3 Å². The van der Waals surface area contributed by atoms with Crippen molar-refractivity contribution in [2.45, 2.75) is 13.3 Å². The molecule has 2 rings (SSSR count). The average molecular weight is 251 g/mol. The summed E-state index contributed by atoms with van der Waals surface area (Å²) in [6.07, 6.45) is 2.95. The predicted molar refractivity (Wildman–Crippen MR) is 61.1 cm³/mol. The number of aryl methyl sites for hydroxylation is 1. The number of aromatic nitrogens is 2. The summed E-state index contributed by atoms with van der Waals surface area (Å²) in [4.78, 5) is 0. The number of halogens is 1. The van der Waals surface area contributed by atoms with Crippen LogP contribution < -0.4 is 0 Å². The molecule has 0 fully saturated rings. The average Bonchev–Trinajstić information content (AvgIpc) is 2.66. The molecule has 3 heteroatoms. The third kappa shape index (κ3) is 1.60. The van der Waals surface area contributed by atoms with Crippen molar-refractivity contribution in [3.63, 3.8) is 0 Å². The largest absolute Gasteiger partial charge is 0.285 e. The molecule has 0 aliphatic carbocycles.